The van der Waals surface area contributed by atoms with Crippen molar-refractivity contribution in [3.8, 4) is 0 Å². The van der Waals surface area contributed by atoms with Crippen LogP contribution >= 0.6 is 0 Å². The van der Waals surface area contributed by atoms with Gasteiger partial charge < -0.3 is 4.74 Å². The number of carbonyl (C=O) groups is 1. The fourth-order valence-electron chi connectivity index (χ4n) is 1.28. The predicted molar refractivity (Wildman–Crippen MR) is 52.6 cm³/mol. The smallest absolute Gasteiger partial charge is 0.305 e. The van der Waals surface area contributed by atoms with Crippen molar-refractivity contribution < 1.29 is 17.9 Å². The molecule has 0 aromatic rings. The SMILES string of the molecule is CCC(=O)OCC1C(C)=CCS1(=O)=O. The summed E-state index contributed by atoms with van der Waals surface area (Å²) in [4.78, 5) is 10.8. The standard InChI is InChI=1S/C9H14O4S/c1-3-9(10)13-6-8-7(2)4-5-14(8,11)12/h4,8H,3,5-6H2,1-2H3. The Morgan fingerprint density at radius 2 is 2.29 bits per heavy atom. The number of ether oxygens (including phenoxy) is 1. The average molecular weight is 218 g/mol. The Bertz CT molecular complexity index is 353. The Balaban J connectivity index is 2.60. The predicted octanol–water partition coefficient (Wildman–Crippen LogP) is 0.683. The lowest BCUT2D eigenvalue weighted by Crippen LogP contribution is -2.26. The molecular formula is C9H14O4S. The summed E-state index contributed by atoms with van der Waals surface area (Å²) in [6, 6.07) is 0. The molecule has 1 atom stereocenters. The van der Waals surface area contributed by atoms with Crippen molar-refractivity contribution in [2.45, 2.75) is 25.5 Å². The molecule has 1 unspecified atom stereocenters. The highest BCUT2D eigenvalue weighted by atomic mass is 32.2. The molecule has 80 valence electrons. The fraction of sp³-hybridized carbons (Fsp3) is 0.667. The van der Waals surface area contributed by atoms with Gasteiger partial charge in [0.15, 0.2) is 9.84 Å². The van der Waals surface area contributed by atoms with Crippen LogP contribution in [0.2, 0.25) is 0 Å². The zero-order valence-corrected chi connectivity index (χ0v) is 9.13. The maximum absolute atomic E-state index is 11.4. The largest absolute Gasteiger partial charge is 0.464 e. The molecule has 1 aliphatic heterocycles. The van der Waals surface area contributed by atoms with Crippen LogP contribution in [0, 0.1) is 0 Å². The van der Waals surface area contributed by atoms with E-state index in [-0.39, 0.29) is 24.7 Å². The molecule has 0 saturated carbocycles. The summed E-state index contributed by atoms with van der Waals surface area (Å²) in [6.07, 6.45) is 1.94. The van der Waals surface area contributed by atoms with Crippen LogP contribution in [0.4, 0.5) is 0 Å². The van der Waals surface area contributed by atoms with Gasteiger partial charge in [0.05, 0.1) is 5.75 Å². The minimum Gasteiger partial charge on any atom is -0.464 e. The van der Waals surface area contributed by atoms with Gasteiger partial charge in [-0.1, -0.05) is 18.6 Å². The van der Waals surface area contributed by atoms with Crippen molar-refractivity contribution in [3.05, 3.63) is 11.6 Å². The van der Waals surface area contributed by atoms with Crippen LogP contribution in [0.25, 0.3) is 0 Å². The molecule has 0 bridgehead atoms. The minimum atomic E-state index is -3.11. The van der Waals surface area contributed by atoms with E-state index in [2.05, 4.69) is 0 Å². The van der Waals surface area contributed by atoms with E-state index >= 15 is 0 Å². The van der Waals surface area contributed by atoms with Gasteiger partial charge in [0, 0.05) is 6.42 Å². The van der Waals surface area contributed by atoms with Crippen LogP contribution in [-0.2, 0) is 19.4 Å². The summed E-state index contributed by atoms with van der Waals surface area (Å²) in [7, 11) is -3.11. The third-order valence-corrected chi connectivity index (χ3v) is 4.27. The van der Waals surface area contributed by atoms with Gasteiger partial charge in [-0.15, -0.1) is 0 Å². The third-order valence-electron chi connectivity index (χ3n) is 2.26. The topological polar surface area (TPSA) is 60.4 Å². The van der Waals surface area contributed by atoms with Crippen molar-refractivity contribution >= 4 is 15.8 Å². The molecule has 0 aromatic heterocycles. The van der Waals surface area contributed by atoms with Crippen molar-refractivity contribution in [2.24, 2.45) is 0 Å². The Morgan fingerprint density at radius 1 is 1.64 bits per heavy atom. The van der Waals surface area contributed by atoms with Gasteiger partial charge in [0.1, 0.15) is 11.9 Å². The maximum atomic E-state index is 11.4. The summed E-state index contributed by atoms with van der Waals surface area (Å²) in [6.45, 7) is 3.38. The molecule has 1 heterocycles. The van der Waals surface area contributed by atoms with Gasteiger partial charge in [-0.25, -0.2) is 8.42 Å². The van der Waals surface area contributed by atoms with E-state index in [1.165, 1.54) is 0 Å². The molecule has 1 aliphatic rings. The molecular weight excluding hydrogens is 204 g/mol. The third kappa shape index (κ3) is 2.35. The first-order valence-electron chi connectivity index (χ1n) is 4.51. The second-order valence-electron chi connectivity index (χ2n) is 3.30. The van der Waals surface area contributed by atoms with E-state index in [1.54, 1.807) is 19.9 Å². The first-order valence-corrected chi connectivity index (χ1v) is 6.22. The zero-order valence-electron chi connectivity index (χ0n) is 8.32. The van der Waals surface area contributed by atoms with Gasteiger partial charge in [-0.3, -0.25) is 4.79 Å². The first-order chi connectivity index (χ1) is 6.47. The summed E-state index contributed by atoms with van der Waals surface area (Å²) < 4.78 is 27.7. The lowest BCUT2D eigenvalue weighted by Gasteiger charge is -2.11. The number of carbonyl (C=O) groups excluding carboxylic acids is 1. The molecule has 0 saturated heterocycles. The van der Waals surface area contributed by atoms with Crippen molar-refractivity contribution in [1.82, 2.24) is 0 Å². The molecule has 1 rings (SSSR count). The maximum Gasteiger partial charge on any atom is 0.305 e. The Morgan fingerprint density at radius 3 is 2.71 bits per heavy atom. The highest BCUT2D eigenvalue weighted by Gasteiger charge is 2.32. The van der Waals surface area contributed by atoms with Crippen LogP contribution in [0.5, 0.6) is 0 Å². The number of hydrogen-bond acceptors (Lipinski definition) is 4. The van der Waals surface area contributed by atoms with Crippen LogP contribution in [-0.4, -0.2) is 32.0 Å². The quantitative estimate of drug-likeness (QED) is 0.516. The number of esters is 1. The van der Waals surface area contributed by atoms with E-state index < -0.39 is 15.1 Å². The van der Waals surface area contributed by atoms with E-state index in [4.69, 9.17) is 4.74 Å². The van der Waals surface area contributed by atoms with Crippen molar-refractivity contribution in [2.75, 3.05) is 12.4 Å². The van der Waals surface area contributed by atoms with Crippen LogP contribution in [0.1, 0.15) is 20.3 Å². The summed E-state index contributed by atoms with van der Waals surface area (Å²) in [5.74, 6) is -0.299. The molecule has 0 spiro atoms. The number of rotatable bonds is 3. The Kier molecular flexibility index (Phi) is 3.31. The van der Waals surface area contributed by atoms with Gasteiger partial charge >= 0.3 is 5.97 Å². The average Bonchev–Trinajstić information content (AvgIpc) is 2.38. The van der Waals surface area contributed by atoms with Crippen LogP contribution in [0.3, 0.4) is 0 Å². The van der Waals surface area contributed by atoms with Gasteiger partial charge in [0.25, 0.3) is 0 Å². The summed E-state index contributed by atoms with van der Waals surface area (Å²) in [5.41, 5.74) is 0.772. The number of hydrogen-bond donors (Lipinski definition) is 0. The minimum absolute atomic E-state index is 0.0443. The molecule has 5 heteroatoms. The Labute approximate surface area is 83.9 Å². The van der Waals surface area contributed by atoms with E-state index in [9.17, 15) is 13.2 Å². The first kappa shape index (κ1) is 11.2. The monoisotopic (exact) mass is 218 g/mol. The normalized spacial score (nSPS) is 24.4. The van der Waals surface area contributed by atoms with Gasteiger partial charge in [-0.2, -0.15) is 0 Å². The van der Waals surface area contributed by atoms with Gasteiger partial charge in [0.2, 0.25) is 0 Å². The van der Waals surface area contributed by atoms with Crippen molar-refractivity contribution in [1.29, 1.82) is 0 Å². The lowest BCUT2D eigenvalue weighted by atomic mass is 10.2. The molecule has 0 N–H and O–H groups in total. The molecule has 0 radical (unpaired) electrons. The molecule has 0 aromatic carbocycles. The second-order valence-corrected chi connectivity index (χ2v) is 5.53. The summed E-state index contributed by atoms with van der Waals surface area (Å²) >= 11 is 0. The summed E-state index contributed by atoms with van der Waals surface area (Å²) in [5, 5.41) is -0.627. The fourth-order valence-corrected chi connectivity index (χ4v) is 2.95. The van der Waals surface area contributed by atoms with Gasteiger partial charge in [-0.05, 0) is 6.92 Å². The van der Waals surface area contributed by atoms with Crippen LogP contribution < -0.4 is 0 Å². The molecule has 14 heavy (non-hydrogen) atoms. The van der Waals surface area contributed by atoms with Crippen LogP contribution in [0.15, 0.2) is 11.6 Å². The van der Waals surface area contributed by atoms with E-state index in [0.717, 1.165) is 5.57 Å². The number of sulfone groups is 1. The molecule has 4 nitrogen and oxygen atoms in total. The second kappa shape index (κ2) is 4.13. The molecule has 0 amide bonds. The highest BCUT2D eigenvalue weighted by molar-refractivity contribution is 7.92. The molecule has 0 fully saturated rings. The zero-order chi connectivity index (χ0) is 10.8. The highest BCUT2D eigenvalue weighted by Crippen LogP contribution is 2.20. The van der Waals surface area contributed by atoms with E-state index in [1.807, 2.05) is 0 Å². The lowest BCUT2D eigenvalue weighted by molar-refractivity contribution is -0.143. The Hall–Kier alpha value is -0.840. The molecule has 0 aliphatic carbocycles. The van der Waals surface area contributed by atoms with Crippen molar-refractivity contribution in [3.63, 3.8) is 0 Å². The van der Waals surface area contributed by atoms with E-state index in [0.29, 0.717) is 0 Å².